The van der Waals surface area contributed by atoms with Crippen LogP contribution in [0.25, 0.3) is 6.08 Å². The third kappa shape index (κ3) is 6.55. The maximum absolute atomic E-state index is 12.9. The molecule has 0 bridgehead atoms. The Balaban J connectivity index is 1.39. The van der Waals surface area contributed by atoms with Crippen LogP contribution in [0.15, 0.2) is 41.3 Å². The largest absolute Gasteiger partial charge is 0.493 e. The molecule has 4 amide bonds. The number of likely N-dealkylation sites (tertiary alicyclic amines) is 1. The van der Waals surface area contributed by atoms with E-state index >= 15 is 0 Å². The van der Waals surface area contributed by atoms with Gasteiger partial charge in [-0.3, -0.25) is 24.1 Å². The molecule has 38 heavy (non-hydrogen) atoms. The first kappa shape index (κ1) is 27.3. The van der Waals surface area contributed by atoms with Crippen molar-refractivity contribution in [3.63, 3.8) is 0 Å². The van der Waals surface area contributed by atoms with Crippen LogP contribution in [0.2, 0.25) is 0 Å². The van der Waals surface area contributed by atoms with Gasteiger partial charge in [-0.25, -0.2) is 0 Å². The second-order valence-corrected chi connectivity index (χ2v) is 10.3. The number of anilines is 1. The van der Waals surface area contributed by atoms with Crippen LogP contribution in [0.4, 0.5) is 10.5 Å². The summed E-state index contributed by atoms with van der Waals surface area (Å²) in [5, 5.41) is 2.38. The number of nitrogens with zero attached hydrogens (tertiary/aromatic N) is 2. The maximum Gasteiger partial charge on any atom is 0.294 e. The summed E-state index contributed by atoms with van der Waals surface area (Å²) in [6, 6.07) is 10.8. The third-order valence-corrected chi connectivity index (χ3v) is 7.29. The van der Waals surface area contributed by atoms with E-state index in [0.29, 0.717) is 30.2 Å². The van der Waals surface area contributed by atoms with E-state index in [4.69, 9.17) is 9.47 Å². The van der Waals surface area contributed by atoms with Crippen LogP contribution >= 0.6 is 11.8 Å². The molecule has 2 aliphatic heterocycles. The predicted octanol–water partition coefficient (Wildman–Crippen LogP) is 4.38. The van der Waals surface area contributed by atoms with Crippen molar-refractivity contribution in [1.29, 1.82) is 0 Å². The second-order valence-electron chi connectivity index (χ2n) is 9.27. The summed E-state index contributed by atoms with van der Waals surface area (Å²) in [4.78, 5) is 53.3. The van der Waals surface area contributed by atoms with Gasteiger partial charge in [-0.15, -0.1) is 0 Å². The van der Waals surface area contributed by atoms with Crippen LogP contribution in [0.3, 0.4) is 0 Å². The number of methoxy groups -OCH3 is 1. The topological polar surface area (TPSA) is 105 Å². The highest BCUT2D eigenvalue weighted by Gasteiger charge is 2.37. The molecule has 0 unspecified atom stereocenters. The SMILES string of the molecule is COc1cc(/C=C2\SC(=O)N(CC(=O)N3CCCCC3)C2=O)ccc1OCC(=O)Nc1cc(C)ccc1C. The maximum atomic E-state index is 12.9. The van der Waals surface area contributed by atoms with Gasteiger partial charge in [0.1, 0.15) is 6.54 Å². The van der Waals surface area contributed by atoms with Gasteiger partial charge in [-0.1, -0.05) is 18.2 Å². The van der Waals surface area contributed by atoms with E-state index in [-0.39, 0.29) is 29.9 Å². The zero-order valence-electron chi connectivity index (χ0n) is 21.7. The van der Waals surface area contributed by atoms with E-state index in [1.165, 1.54) is 7.11 Å². The minimum absolute atomic E-state index is 0.210. The molecule has 0 spiro atoms. The number of hydrogen-bond donors (Lipinski definition) is 1. The van der Waals surface area contributed by atoms with E-state index in [1.54, 1.807) is 29.2 Å². The van der Waals surface area contributed by atoms with E-state index in [2.05, 4.69) is 5.32 Å². The molecule has 2 saturated heterocycles. The normalized spacial score (nSPS) is 16.7. The summed E-state index contributed by atoms with van der Waals surface area (Å²) in [6.07, 6.45) is 4.54. The fraction of sp³-hybridized carbons (Fsp3) is 0.357. The monoisotopic (exact) mass is 537 g/mol. The molecule has 1 N–H and O–H groups in total. The highest BCUT2D eigenvalue weighted by molar-refractivity contribution is 8.18. The Labute approximate surface area is 226 Å². The Morgan fingerprint density at radius 3 is 2.53 bits per heavy atom. The van der Waals surface area contributed by atoms with Crippen LogP contribution in [0.5, 0.6) is 11.5 Å². The van der Waals surface area contributed by atoms with E-state index in [9.17, 15) is 19.2 Å². The first-order valence-corrected chi connectivity index (χ1v) is 13.3. The van der Waals surface area contributed by atoms with E-state index in [1.807, 2.05) is 32.0 Å². The molecular formula is C28H31N3O6S. The molecule has 10 heteroatoms. The highest BCUT2D eigenvalue weighted by Crippen LogP contribution is 2.34. The van der Waals surface area contributed by atoms with Crippen LogP contribution < -0.4 is 14.8 Å². The Kier molecular flexibility index (Phi) is 8.73. The van der Waals surface area contributed by atoms with Gasteiger partial charge in [0, 0.05) is 18.8 Å². The zero-order valence-corrected chi connectivity index (χ0v) is 22.6. The number of amides is 4. The fourth-order valence-electron chi connectivity index (χ4n) is 4.26. The van der Waals surface area contributed by atoms with Crippen molar-refractivity contribution in [3.8, 4) is 11.5 Å². The molecule has 9 nitrogen and oxygen atoms in total. The molecule has 2 aromatic carbocycles. The van der Waals surface area contributed by atoms with Crippen molar-refractivity contribution < 1.29 is 28.7 Å². The summed E-state index contributed by atoms with van der Waals surface area (Å²) >= 11 is 0.803. The highest BCUT2D eigenvalue weighted by atomic mass is 32.2. The summed E-state index contributed by atoms with van der Waals surface area (Å²) in [5.74, 6) is -0.276. The molecule has 2 aliphatic rings. The number of aryl methyl sites for hydroxylation is 2. The molecule has 0 aliphatic carbocycles. The Hall–Kier alpha value is -3.79. The number of piperidine rings is 1. The quantitative estimate of drug-likeness (QED) is 0.498. The molecule has 0 saturated carbocycles. The number of carbonyl (C=O) groups excluding carboxylic acids is 4. The van der Waals surface area contributed by atoms with Gasteiger partial charge in [0.25, 0.3) is 17.1 Å². The van der Waals surface area contributed by atoms with Crippen molar-refractivity contribution in [1.82, 2.24) is 9.80 Å². The Bertz CT molecular complexity index is 1290. The number of carbonyl (C=O) groups is 4. The van der Waals surface area contributed by atoms with Crippen LogP contribution in [-0.2, 0) is 14.4 Å². The van der Waals surface area contributed by atoms with Crippen molar-refractivity contribution in [3.05, 3.63) is 58.0 Å². The van der Waals surface area contributed by atoms with Gasteiger partial charge in [-0.2, -0.15) is 0 Å². The van der Waals surface area contributed by atoms with Crippen LogP contribution in [-0.4, -0.2) is 66.1 Å². The molecule has 0 aromatic heterocycles. The van der Waals surface area contributed by atoms with E-state index in [0.717, 1.165) is 52.7 Å². The second kappa shape index (κ2) is 12.2. The van der Waals surface area contributed by atoms with Crippen molar-refractivity contribution in [2.75, 3.05) is 38.7 Å². The minimum atomic E-state index is -0.493. The average molecular weight is 538 g/mol. The fourth-order valence-corrected chi connectivity index (χ4v) is 5.10. The number of thioether (sulfide) groups is 1. The lowest BCUT2D eigenvalue weighted by Gasteiger charge is -2.27. The molecule has 4 rings (SSSR count). The number of benzene rings is 2. The van der Waals surface area contributed by atoms with E-state index < -0.39 is 11.1 Å². The first-order valence-electron chi connectivity index (χ1n) is 12.5. The third-order valence-electron chi connectivity index (χ3n) is 6.39. The van der Waals surface area contributed by atoms with Gasteiger partial charge in [0.05, 0.1) is 12.0 Å². The number of hydrogen-bond acceptors (Lipinski definition) is 7. The summed E-state index contributed by atoms with van der Waals surface area (Å²) < 4.78 is 11.1. The van der Waals surface area contributed by atoms with Gasteiger partial charge < -0.3 is 19.7 Å². The van der Waals surface area contributed by atoms with Gasteiger partial charge in [0.15, 0.2) is 18.1 Å². The molecular weight excluding hydrogens is 506 g/mol. The minimum Gasteiger partial charge on any atom is -0.493 e. The predicted molar refractivity (Wildman–Crippen MR) is 146 cm³/mol. The molecule has 0 atom stereocenters. The number of ether oxygens (including phenoxy) is 2. The summed E-state index contributed by atoms with van der Waals surface area (Å²) in [6.45, 7) is 4.72. The molecule has 200 valence electrons. The number of imide groups is 1. The average Bonchev–Trinajstić information content (AvgIpc) is 3.17. The van der Waals surface area contributed by atoms with Crippen LogP contribution in [0, 0.1) is 13.8 Å². The van der Waals surface area contributed by atoms with Crippen LogP contribution in [0.1, 0.15) is 36.0 Å². The lowest BCUT2D eigenvalue weighted by Crippen LogP contribution is -2.44. The lowest BCUT2D eigenvalue weighted by molar-refractivity contribution is -0.136. The lowest BCUT2D eigenvalue weighted by atomic mass is 10.1. The molecule has 2 heterocycles. The molecule has 0 radical (unpaired) electrons. The smallest absolute Gasteiger partial charge is 0.294 e. The molecule has 2 fully saturated rings. The van der Waals surface area contributed by atoms with Gasteiger partial charge in [-0.05, 0) is 85.8 Å². The zero-order chi connectivity index (χ0) is 27.2. The Morgan fingerprint density at radius 2 is 1.79 bits per heavy atom. The number of rotatable bonds is 8. The van der Waals surface area contributed by atoms with Crippen molar-refractivity contribution in [2.45, 2.75) is 33.1 Å². The van der Waals surface area contributed by atoms with Crippen molar-refractivity contribution >= 4 is 46.5 Å². The standard InChI is InChI=1S/C28H31N3O6S/c1-18-7-8-19(2)21(13-18)29-25(32)17-37-22-10-9-20(14-23(22)36-3)15-24-27(34)31(28(35)38-24)16-26(33)30-11-5-4-6-12-30/h7-10,13-15H,4-6,11-12,16-17H2,1-3H3,(H,29,32)/b24-15-. The Morgan fingerprint density at radius 1 is 1.03 bits per heavy atom. The van der Waals surface area contributed by atoms with Gasteiger partial charge in [0.2, 0.25) is 5.91 Å². The summed E-state index contributed by atoms with van der Waals surface area (Å²) in [5.41, 5.74) is 3.33. The van der Waals surface area contributed by atoms with Gasteiger partial charge >= 0.3 is 0 Å². The summed E-state index contributed by atoms with van der Waals surface area (Å²) in [7, 11) is 1.47. The van der Waals surface area contributed by atoms with Crippen molar-refractivity contribution in [2.24, 2.45) is 0 Å². The number of nitrogens with one attached hydrogen (secondary N) is 1. The first-order chi connectivity index (χ1) is 18.2. The molecule has 2 aromatic rings.